The van der Waals surface area contributed by atoms with Gasteiger partial charge in [-0.05, 0) is 30.0 Å². The molecule has 1 heterocycles. The first-order valence-corrected chi connectivity index (χ1v) is 6.23. The highest BCUT2D eigenvalue weighted by atomic mass is 16.5. The summed E-state index contributed by atoms with van der Waals surface area (Å²) in [6.45, 7) is 4.55. The third-order valence-electron chi connectivity index (χ3n) is 2.66. The molecule has 0 unspecified atom stereocenters. The molecule has 0 bridgehead atoms. The lowest BCUT2D eigenvalue weighted by atomic mass is 10.1. The van der Waals surface area contributed by atoms with Crippen LogP contribution < -0.4 is 9.47 Å². The van der Waals surface area contributed by atoms with Crippen molar-refractivity contribution in [2.24, 2.45) is 5.92 Å². The van der Waals surface area contributed by atoms with Crippen LogP contribution in [-0.4, -0.2) is 19.0 Å². The highest BCUT2D eigenvalue weighted by Crippen LogP contribution is 2.30. The zero-order valence-corrected chi connectivity index (χ0v) is 10.8. The topological polar surface area (TPSA) is 35.5 Å². The van der Waals surface area contributed by atoms with Gasteiger partial charge >= 0.3 is 0 Å². The molecule has 1 aliphatic heterocycles. The summed E-state index contributed by atoms with van der Waals surface area (Å²) < 4.78 is 10.8. The van der Waals surface area contributed by atoms with Gasteiger partial charge in [-0.2, -0.15) is 0 Å². The first-order chi connectivity index (χ1) is 8.65. The molecule has 0 saturated heterocycles. The first-order valence-electron chi connectivity index (χ1n) is 6.23. The largest absolute Gasteiger partial charge is 0.482 e. The minimum Gasteiger partial charge on any atom is -0.482 e. The smallest absolute Gasteiger partial charge is 0.207 e. The van der Waals surface area contributed by atoms with E-state index >= 15 is 0 Å². The van der Waals surface area contributed by atoms with E-state index in [-0.39, 0.29) is 19.0 Å². The molecule has 18 heavy (non-hydrogen) atoms. The van der Waals surface area contributed by atoms with Crippen molar-refractivity contribution in [3.63, 3.8) is 0 Å². The molecule has 0 aromatic heterocycles. The monoisotopic (exact) mass is 246 g/mol. The molecule has 0 spiro atoms. The van der Waals surface area contributed by atoms with Gasteiger partial charge in [-0.3, -0.25) is 4.79 Å². The highest BCUT2D eigenvalue weighted by molar-refractivity contribution is 5.82. The molecule has 1 aromatic rings. The van der Waals surface area contributed by atoms with Gasteiger partial charge in [-0.25, -0.2) is 0 Å². The van der Waals surface area contributed by atoms with Crippen LogP contribution in [0.25, 0.3) is 6.08 Å². The number of ether oxygens (including phenoxy) is 2. The predicted octanol–water partition coefficient (Wildman–Crippen LogP) is 3.09. The number of ketones is 1. The summed E-state index contributed by atoms with van der Waals surface area (Å²) in [5.41, 5.74) is 1.06. The Kier molecular flexibility index (Phi) is 4.03. The van der Waals surface area contributed by atoms with Gasteiger partial charge in [0, 0.05) is 0 Å². The van der Waals surface area contributed by atoms with Crippen LogP contribution in [0.15, 0.2) is 24.3 Å². The number of benzene rings is 1. The molecule has 3 heteroatoms. The van der Waals surface area contributed by atoms with Gasteiger partial charge in [0.1, 0.15) is 0 Å². The summed E-state index contributed by atoms with van der Waals surface area (Å²) in [4.78, 5) is 11.2. The maximum atomic E-state index is 11.2. The van der Waals surface area contributed by atoms with E-state index in [0.717, 1.165) is 12.0 Å². The van der Waals surface area contributed by atoms with Gasteiger partial charge in [-0.1, -0.05) is 32.1 Å². The van der Waals surface area contributed by atoms with Crippen LogP contribution in [0.3, 0.4) is 0 Å². The van der Waals surface area contributed by atoms with Crippen LogP contribution in [-0.2, 0) is 4.79 Å². The summed E-state index contributed by atoms with van der Waals surface area (Å²) in [5.74, 6) is 1.90. The Morgan fingerprint density at radius 3 is 2.67 bits per heavy atom. The molecule has 3 nitrogen and oxygen atoms in total. The van der Waals surface area contributed by atoms with E-state index in [1.54, 1.807) is 0 Å². The lowest BCUT2D eigenvalue weighted by molar-refractivity contribution is -0.122. The van der Waals surface area contributed by atoms with Crippen molar-refractivity contribution in [2.45, 2.75) is 20.3 Å². The van der Waals surface area contributed by atoms with E-state index in [4.69, 9.17) is 9.47 Å². The van der Waals surface area contributed by atoms with Crippen molar-refractivity contribution in [1.29, 1.82) is 0 Å². The van der Waals surface area contributed by atoms with Crippen molar-refractivity contribution in [2.75, 3.05) is 13.2 Å². The molecule has 96 valence electrons. The Morgan fingerprint density at radius 2 is 1.94 bits per heavy atom. The molecule has 1 aromatic carbocycles. The second kappa shape index (κ2) is 5.71. The Hall–Kier alpha value is -1.77. The molecule has 0 amide bonds. The molecule has 0 atom stereocenters. The van der Waals surface area contributed by atoms with E-state index in [0.29, 0.717) is 17.4 Å². The van der Waals surface area contributed by atoms with Crippen molar-refractivity contribution in [1.82, 2.24) is 0 Å². The number of hydrogen-bond acceptors (Lipinski definition) is 3. The summed E-state index contributed by atoms with van der Waals surface area (Å²) >= 11 is 0. The van der Waals surface area contributed by atoms with E-state index in [9.17, 15) is 4.79 Å². The van der Waals surface area contributed by atoms with Gasteiger partial charge in [0.25, 0.3) is 0 Å². The molecule has 0 saturated carbocycles. The second-order valence-electron chi connectivity index (χ2n) is 4.85. The molecular weight excluding hydrogens is 228 g/mol. The fourth-order valence-corrected chi connectivity index (χ4v) is 1.69. The van der Waals surface area contributed by atoms with Gasteiger partial charge in [-0.15, -0.1) is 0 Å². The molecule has 0 aliphatic carbocycles. The van der Waals surface area contributed by atoms with E-state index in [1.165, 1.54) is 0 Å². The number of rotatable bonds is 3. The van der Waals surface area contributed by atoms with Gasteiger partial charge in [0.15, 0.2) is 24.7 Å². The van der Waals surface area contributed by atoms with E-state index < -0.39 is 0 Å². The van der Waals surface area contributed by atoms with Gasteiger partial charge in [0.05, 0.1) is 0 Å². The third kappa shape index (κ3) is 3.36. The Bertz CT molecular complexity index is 461. The maximum absolute atomic E-state index is 11.2. The van der Waals surface area contributed by atoms with Crippen molar-refractivity contribution in [3.8, 4) is 11.5 Å². The quantitative estimate of drug-likeness (QED) is 0.822. The molecule has 0 fully saturated rings. The van der Waals surface area contributed by atoms with Crippen molar-refractivity contribution < 1.29 is 14.3 Å². The first kappa shape index (κ1) is 12.7. The van der Waals surface area contributed by atoms with Crippen LogP contribution >= 0.6 is 0 Å². The number of carbonyl (C=O) groups is 1. The zero-order valence-electron chi connectivity index (χ0n) is 10.8. The third-order valence-corrected chi connectivity index (χ3v) is 2.66. The molecule has 1 aliphatic rings. The standard InChI is InChI=1S/C15H18O3/c1-11(2)4-3-5-12-6-7-14-15(8-12)18-10-13(16)9-17-14/h3,5-8,11H,4,9-10H2,1-2H3/b5-3+. The summed E-state index contributed by atoms with van der Waals surface area (Å²) in [6.07, 6.45) is 5.26. The van der Waals surface area contributed by atoms with Crippen molar-refractivity contribution in [3.05, 3.63) is 29.8 Å². The van der Waals surface area contributed by atoms with Crippen LogP contribution in [0.2, 0.25) is 0 Å². The summed E-state index contributed by atoms with van der Waals surface area (Å²) in [5, 5.41) is 0. The Balaban J connectivity index is 2.12. The minimum atomic E-state index is -0.0388. The molecule has 0 radical (unpaired) electrons. The summed E-state index contributed by atoms with van der Waals surface area (Å²) in [7, 11) is 0. The highest BCUT2D eigenvalue weighted by Gasteiger charge is 2.14. The fraction of sp³-hybridized carbons (Fsp3) is 0.400. The predicted molar refractivity (Wildman–Crippen MR) is 70.9 cm³/mol. The maximum Gasteiger partial charge on any atom is 0.207 e. The average molecular weight is 246 g/mol. The normalized spacial score (nSPS) is 15.2. The van der Waals surface area contributed by atoms with Crippen LogP contribution in [0.4, 0.5) is 0 Å². The number of fused-ring (bicyclic) bond motifs is 1. The fourth-order valence-electron chi connectivity index (χ4n) is 1.69. The van der Waals surface area contributed by atoms with Crippen LogP contribution in [0.1, 0.15) is 25.8 Å². The Morgan fingerprint density at radius 1 is 1.22 bits per heavy atom. The number of allylic oxidation sites excluding steroid dienone is 1. The molecule has 0 N–H and O–H groups in total. The zero-order chi connectivity index (χ0) is 13.0. The second-order valence-corrected chi connectivity index (χ2v) is 4.85. The number of Topliss-reactive ketones (excluding diaryl/α,β-unsaturated/α-hetero) is 1. The van der Waals surface area contributed by atoms with E-state index in [1.807, 2.05) is 18.2 Å². The van der Waals surface area contributed by atoms with Crippen LogP contribution in [0, 0.1) is 5.92 Å². The SMILES string of the molecule is CC(C)C/C=C/c1ccc2c(c1)OCC(=O)CO2. The van der Waals surface area contributed by atoms with Crippen molar-refractivity contribution >= 4 is 11.9 Å². The average Bonchev–Trinajstić information content (AvgIpc) is 2.51. The minimum absolute atomic E-state index is 0.0388. The van der Waals surface area contributed by atoms with Gasteiger partial charge in [0.2, 0.25) is 5.78 Å². The molecular formula is C15H18O3. The Labute approximate surface area is 107 Å². The lowest BCUT2D eigenvalue weighted by Gasteiger charge is -2.07. The van der Waals surface area contributed by atoms with Gasteiger partial charge < -0.3 is 9.47 Å². The number of hydrogen-bond donors (Lipinski definition) is 0. The number of carbonyl (C=O) groups excluding carboxylic acids is 1. The lowest BCUT2D eigenvalue weighted by Crippen LogP contribution is -2.15. The summed E-state index contributed by atoms with van der Waals surface area (Å²) in [6, 6.07) is 5.72. The van der Waals surface area contributed by atoms with E-state index in [2.05, 4.69) is 26.0 Å². The molecule has 2 rings (SSSR count). The van der Waals surface area contributed by atoms with Crippen LogP contribution in [0.5, 0.6) is 11.5 Å².